The second-order valence-electron chi connectivity index (χ2n) is 5.99. The lowest BCUT2D eigenvalue weighted by atomic mass is 10.1. The zero-order chi connectivity index (χ0) is 17.7. The third kappa shape index (κ3) is 4.24. The number of rotatable bonds is 5. The fourth-order valence-electron chi connectivity index (χ4n) is 2.71. The smallest absolute Gasteiger partial charge is 0.321 e. The molecule has 0 aromatic heterocycles. The molecule has 2 N–H and O–H groups in total. The normalized spacial score (nSPS) is 13.7. The summed E-state index contributed by atoms with van der Waals surface area (Å²) in [6.07, 6.45) is 1.87. The first-order valence-corrected chi connectivity index (χ1v) is 8.03. The Hall–Kier alpha value is -2.57. The monoisotopic (exact) mass is 333 g/mol. The molecule has 7 heteroatoms. The summed E-state index contributed by atoms with van der Waals surface area (Å²) in [6, 6.07) is 4.88. The van der Waals surface area contributed by atoms with Crippen molar-refractivity contribution in [3.05, 3.63) is 29.3 Å². The minimum absolute atomic E-state index is 0.0749. The third-order valence-corrected chi connectivity index (χ3v) is 4.13. The van der Waals surface area contributed by atoms with Crippen molar-refractivity contribution in [2.45, 2.75) is 26.2 Å². The van der Waals surface area contributed by atoms with Gasteiger partial charge in [0, 0.05) is 26.7 Å². The number of anilines is 1. The van der Waals surface area contributed by atoms with Gasteiger partial charge in [-0.05, 0) is 31.4 Å². The van der Waals surface area contributed by atoms with Crippen molar-refractivity contribution in [2.24, 2.45) is 0 Å². The van der Waals surface area contributed by atoms with Crippen LogP contribution < -0.4 is 5.32 Å². The average molecular weight is 333 g/mol. The zero-order valence-electron chi connectivity index (χ0n) is 14.0. The third-order valence-electron chi connectivity index (χ3n) is 4.13. The maximum absolute atomic E-state index is 12.7. The lowest BCUT2D eigenvalue weighted by molar-refractivity contribution is -0.137. The molecule has 2 rings (SSSR count). The molecule has 0 aliphatic carbocycles. The molecule has 3 amide bonds. The quantitative estimate of drug-likeness (QED) is 0.864. The number of aliphatic carboxylic acids is 1. The van der Waals surface area contributed by atoms with E-state index in [9.17, 15) is 14.4 Å². The van der Waals surface area contributed by atoms with Crippen molar-refractivity contribution < 1.29 is 19.5 Å². The predicted octanol–water partition coefficient (Wildman–Crippen LogP) is 2.17. The van der Waals surface area contributed by atoms with E-state index < -0.39 is 12.0 Å². The van der Waals surface area contributed by atoms with E-state index in [1.807, 2.05) is 13.0 Å². The molecule has 1 aliphatic heterocycles. The van der Waals surface area contributed by atoms with Crippen molar-refractivity contribution in [3.8, 4) is 0 Å². The molecule has 0 atom stereocenters. The van der Waals surface area contributed by atoms with Gasteiger partial charge in [-0.25, -0.2) is 4.79 Å². The van der Waals surface area contributed by atoms with E-state index in [2.05, 4.69) is 5.32 Å². The molecule has 130 valence electrons. The summed E-state index contributed by atoms with van der Waals surface area (Å²) < 4.78 is 0. The van der Waals surface area contributed by atoms with Crippen molar-refractivity contribution in [2.75, 3.05) is 32.0 Å². The van der Waals surface area contributed by atoms with Gasteiger partial charge in [-0.15, -0.1) is 0 Å². The van der Waals surface area contributed by atoms with Crippen LogP contribution in [0.4, 0.5) is 10.5 Å². The van der Waals surface area contributed by atoms with Gasteiger partial charge < -0.3 is 20.2 Å². The maximum Gasteiger partial charge on any atom is 0.321 e. The summed E-state index contributed by atoms with van der Waals surface area (Å²) >= 11 is 0. The summed E-state index contributed by atoms with van der Waals surface area (Å²) in [5, 5.41) is 11.4. The number of aryl methyl sites for hydroxylation is 1. The van der Waals surface area contributed by atoms with Crippen LogP contribution in [-0.2, 0) is 4.79 Å². The molecule has 1 aliphatic rings. The summed E-state index contributed by atoms with van der Waals surface area (Å²) in [6.45, 7) is 3.41. The van der Waals surface area contributed by atoms with Gasteiger partial charge in [0.05, 0.1) is 17.7 Å². The Morgan fingerprint density at radius 3 is 2.54 bits per heavy atom. The number of urea groups is 1. The zero-order valence-corrected chi connectivity index (χ0v) is 14.0. The van der Waals surface area contributed by atoms with Crippen LogP contribution in [-0.4, -0.2) is 59.5 Å². The van der Waals surface area contributed by atoms with Crippen molar-refractivity contribution >= 4 is 23.6 Å². The lowest BCUT2D eigenvalue weighted by Crippen LogP contribution is -2.34. The van der Waals surface area contributed by atoms with Gasteiger partial charge in [-0.1, -0.05) is 12.1 Å². The summed E-state index contributed by atoms with van der Waals surface area (Å²) in [5.41, 5.74) is 1.76. The first kappa shape index (κ1) is 17.8. The Kier molecular flexibility index (Phi) is 5.78. The molecule has 0 unspecified atom stereocenters. The summed E-state index contributed by atoms with van der Waals surface area (Å²) in [5.74, 6) is -1.04. The van der Waals surface area contributed by atoms with Gasteiger partial charge in [0.1, 0.15) is 0 Å². The van der Waals surface area contributed by atoms with Crippen LogP contribution in [0.1, 0.15) is 35.2 Å². The van der Waals surface area contributed by atoms with Crippen LogP contribution in [0.3, 0.4) is 0 Å². The summed E-state index contributed by atoms with van der Waals surface area (Å²) in [7, 11) is 1.52. The van der Waals surface area contributed by atoms with E-state index in [0.717, 1.165) is 31.5 Å². The number of carbonyl (C=O) groups is 3. The molecule has 0 radical (unpaired) electrons. The number of amides is 3. The SMILES string of the molecule is Cc1cccc(NC(=O)N(C)CCC(=O)O)c1C(=O)N1CCCC1. The van der Waals surface area contributed by atoms with Crippen LogP contribution in [0, 0.1) is 6.92 Å². The molecule has 1 aromatic rings. The van der Waals surface area contributed by atoms with E-state index in [-0.39, 0.29) is 18.9 Å². The van der Waals surface area contributed by atoms with Gasteiger partial charge in [-0.2, -0.15) is 0 Å². The van der Waals surface area contributed by atoms with Crippen molar-refractivity contribution in [3.63, 3.8) is 0 Å². The Morgan fingerprint density at radius 1 is 1.25 bits per heavy atom. The van der Waals surface area contributed by atoms with E-state index in [0.29, 0.717) is 11.3 Å². The average Bonchev–Trinajstić information content (AvgIpc) is 3.06. The van der Waals surface area contributed by atoms with Crippen LogP contribution in [0.5, 0.6) is 0 Å². The highest BCUT2D eigenvalue weighted by Crippen LogP contribution is 2.24. The number of nitrogens with zero attached hydrogens (tertiary/aromatic N) is 2. The van der Waals surface area contributed by atoms with E-state index in [1.165, 1.54) is 11.9 Å². The number of likely N-dealkylation sites (tertiary alicyclic amines) is 1. The molecule has 1 saturated heterocycles. The van der Waals surface area contributed by atoms with Gasteiger partial charge in [-0.3, -0.25) is 9.59 Å². The van der Waals surface area contributed by atoms with Gasteiger partial charge in [0.15, 0.2) is 0 Å². The van der Waals surface area contributed by atoms with E-state index in [4.69, 9.17) is 5.11 Å². The number of hydrogen-bond donors (Lipinski definition) is 2. The number of carboxylic acids is 1. The molecule has 1 fully saturated rings. The topological polar surface area (TPSA) is 90.0 Å². The first-order valence-electron chi connectivity index (χ1n) is 8.03. The standard InChI is InChI=1S/C17H23N3O4/c1-12-6-5-7-13(15(12)16(23)20-9-3-4-10-20)18-17(24)19(2)11-8-14(21)22/h5-7H,3-4,8-11H2,1-2H3,(H,18,24)(H,21,22). The highest BCUT2D eigenvalue weighted by molar-refractivity contribution is 6.04. The maximum atomic E-state index is 12.7. The van der Waals surface area contributed by atoms with E-state index >= 15 is 0 Å². The Morgan fingerprint density at radius 2 is 1.92 bits per heavy atom. The van der Waals surface area contributed by atoms with Crippen molar-refractivity contribution in [1.29, 1.82) is 0 Å². The fraction of sp³-hybridized carbons (Fsp3) is 0.471. The fourth-order valence-corrected chi connectivity index (χ4v) is 2.71. The predicted molar refractivity (Wildman–Crippen MR) is 90.2 cm³/mol. The molecular weight excluding hydrogens is 310 g/mol. The lowest BCUT2D eigenvalue weighted by Gasteiger charge is -2.22. The van der Waals surface area contributed by atoms with Crippen molar-refractivity contribution in [1.82, 2.24) is 9.80 Å². The molecule has 24 heavy (non-hydrogen) atoms. The molecule has 1 heterocycles. The molecule has 0 spiro atoms. The van der Waals surface area contributed by atoms with Gasteiger partial charge in [0.25, 0.3) is 5.91 Å². The number of hydrogen-bond acceptors (Lipinski definition) is 3. The number of carbonyl (C=O) groups excluding carboxylic acids is 2. The van der Waals surface area contributed by atoms with Gasteiger partial charge in [0.2, 0.25) is 0 Å². The minimum Gasteiger partial charge on any atom is -0.481 e. The van der Waals surface area contributed by atoms with Crippen LogP contribution in [0.15, 0.2) is 18.2 Å². The van der Waals surface area contributed by atoms with Crippen LogP contribution in [0.2, 0.25) is 0 Å². The largest absolute Gasteiger partial charge is 0.481 e. The molecule has 7 nitrogen and oxygen atoms in total. The second kappa shape index (κ2) is 7.81. The highest BCUT2D eigenvalue weighted by Gasteiger charge is 2.24. The number of benzene rings is 1. The van der Waals surface area contributed by atoms with Gasteiger partial charge >= 0.3 is 12.0 Å². The Labute approximate surface area is 141 Å². The van der Waals surface area contributed by atoms with Crippen LogP contribution in [0.25, 0.3) is 0 Å². The number of nitrogens with one attached hydrogen (secondary N) is 1. The second-order valence-corrected chi connectivity index (χ2v) is 5.99. The summed E-state index contributed by atoms with van der Waals surface area (Å²) in [4.78, 5) is 38.7. The number of carboxylic acid groups (broad SMARTS) is 1. The highest BCUT2D eigenvalue weighted by atomic mass is 16.4. The Bertz CT molecular complexity index is 639. The molecule has 0 saturated carbocycles. The first-order chi connectivity index (χ1) is 11.4. The van der Waals surface area contributed by atoms with Crippen LogP contribution >= 0.6 is 0 Å². The molecule has 1 aromatic carbocycles. The van der Waals surface area contributed by atoms with E-state index in [1.54, 1.807) is 17.0 Å². The molecule has 0 bridgehead atoms. The minimum atomic E-state index is -0.963. The Balaban J connectivity index is 2.15. The molecular formula is C17H23N3O4.